The van der Waals surface area contributed by atoms with E-state index in [1.165, 1.54) is 5.57 Å². The number of nitrogens with one attached hydrogen (secondary N) is 1. The Labute approximate surface area is 132 Å². The Hall–Kier alpha value is -1.84. The Morgan fingerprint density at radius 2 is 2.00 bits per heavy atom. The maximum Gasteiger partial charge on any atom is 0.249 e. The highest BCUT2D eigenvalue weighted by Crippen LogP contribution is 2.55. The van der Waals surface area contributed by atoms with Crippen molar-refractivity contribution in [3.8, 4) is 0 Å². The van der Waals surface area contributed by atoms with Gasteiger partial charge in [-0.2, -0.15) is 0 Å². The molecular weight excluding hydrogens is 276 g/mol. The molecule has 2 fully saturated rings. The van der Waals surface area contributed by atoms with Crippen molar-refractivity contribution in [2.45, 2.75) is 64.5 Å². The van der Waals surface area contributed by atoms with Crippen LogP contribution in [0.4, 0.5) is 0 Å². The number of hydrogen-bond donors (Lipinski definition) is 1. The van der Waals surface area contributed by atoms with E-state index in [4.69, 9.17) is 0 Å². The number of nitrogens with zero attached hydrogens (tertiary/aromatic N) is 1. The summed E-state index contributed by atoms with van der Waals surface area (Å²) in [5, 5.41) is 2.48. The lowest BCUT2D eigenvalue weighted by Gasteiger charge is -2.37. The van der Waals surface area contributed by atoms with Crippen molar-refractivity contribution in [2.75, 3.05) is 0 Å². The number of imide groups is 1. The van der Waals surface area contributed by atoms with Crippen molar-refractivity contribution in [3.05, 3.63) is 36.1 Å². The van der Waals surface area contributed by atoms with Crippen LogP contribution in [-0.2, 0) is 9.59 Å². The van der Waals surface area contributed by atoms with E-state index in [1.54, 1.807) is 0 Å². The predicted molar refractivity (Wildman–Crippen MR) is 88.0 cm³/mol. The largest absolute Gasteiger partial charge is 0.353 e. The second-order valence-electron chi connectivity index (χ2n) is 5.85. The van der Waals surface area contributed by atoms with E-state index >= 15 is 0 Å². The first-order valence-corrected chi connectivity index (χ1v) is 8.22. The second kappa shape index (κ2) is 6.51. The van der Waals surface area contributed by atoms with Crippen molar-refractivity contribution in [2.24, 2.45) is 0 Å². The normalized spacial score (nSPS) is 26.1. The van der Waals surface area contributed by atoms with Gasteiger partial charge in [0.05, 0.1) is 0 Å². The highest BCUT2D eigenvalue weighted by Gasteiger charge is 2.56. The molecule has 1 N–H and O–H groups in total. The zero-order valence-corrected chi connectivity index (χ0v) is 13.8. The van der Waals surface area contributed by atoms with Crippen LogP contribution in [0, 0.1) is 0 Å². The number of amides is 2. The molecule has 2 heterocycles. The fraction of sp³-hybridized carbons (Fsp3) is 0.556. The number of piperidine rings is 1. The van der Waals surface area contributed by atoms with E-state index in [0.29, 0.717) is 12.8 Å². The Morgan fingerprint density at radius 1 is 1.32 bits per heavy atom. The molecule has 0 bridgehead atoms. The van der Waals surface area contributed by atoms with E-state index in [0.717, 1.165) is 25.0 Å². The van der Waals surface area contributed by atoms with Gasteiger partial charge >= 0.3 is 0 Å². The monoisotopic (exact) mass is 302 g/mol. The predicted octanol–water partition coefficient (Wildman–Crippen LogP) is 3.07. The van der Waals surface area contributed by atoms with Gasteiger partial charge in [0.2, 0.25) is 11.8 Å². The highest BCUT2D eigenvalue weighted by atomic mass is 16.2. The van der Waals surface area contributed by atoms with Gasteiger partial charge in [-0.15, -0.1) is 0 Å². The molecule has 0 aromatic heterocycles. The second-order valence-corrected chi connectivity index (χ2v) is 5.85. The third-order valence-corrected chi connectivity index (χ3v) is 4.54. The molecule has 0 aromatic rings. The molecule has 2 amide bonds. The lowest BCUT2D eigenvalue weighted by atomic mass is 10.0. The highest BCUT2D eigenvalue weighted by molar-refractivity contribution is 6.00. The molecule has 0 aromatic carbocycles. The van der Waals surface area contributed by atoms with E-state index in [1.807, 2.05) is 32.9 Å². The van der Waals surface area contributed by atoms with Gasteiger partial charge in [-0.1, -0.05) is 32.6 Å². The molecule has 2 aliphatic heterocycles. The lowest BCUT2D eigenvalue weighted by Crippen LogP contribution is -2.54. The molecule has 4 heteroatoms. The Morgan fingerprint density at radius 3 is 2.50 bits per heavy atom. The summed E-state index contributed by atoms with van der Waals surface area (Å²) in [6, 6.07) is -0.223. The molecule has 22 heavy (non-hydrogen) atoms. The molecule has 1 spiro atoms. The first-order chi connectivity index (χ1) is 10.6. The maximum atomic E-state index is 12.2. The summed E-state index contributed by atoms with van der Waals surface area (Å²) in [7, 11) is 0. The zero-order chi connectivity index (χ0) is 16.3. The standard InChI is InChI=1S/C16H20N2O2.C2H6/c1-3-5-12-11(4-2)10-16(8-9-16)18(12)13-6-7-14(19)17-15(13)20;1-2/h3-5,13H,2,6-10H2,1H3,(H,17,19,20);1-2H3/b5-3-;. The summed E-state index contributed by atoms with van der Waals surface area (Å²) in [5.74, 6) is -0.310. The van der Waals surface area contributed by atoms with E-state index in [9.17, 15) is 9.59 Å². The number of hydrogen-bond acceptors (Lipinski definition) is 3. The van der Waals surface area contributed by atoms with Crippen LogP contribution in [0.15, 0.2) is 36.1 Å². The fourth-order valence-electron chi connectivity index (χ4n) is 3.45. The summed E-state index contributed by atoms with van der Waals surface area (Å²) in [6.07, 6.45) is 10.2. The van der Waals surface area contributed by atoms with Crippen molar-refractivity contribution in [1.82, 2.24) is 10.2 Å². The lowest BCUT2D eigenvalue weighted by molar-refractivity contribution is -0.137. The molecule has 3 rings (SSSR count). The van der Waals surface area contributed by atoms with Crippen molar-refractivity contribution >= 4 is 11.8 Å². The van der Waals surface area contributed by atoms with Gasteiger partial charge in [0.15, 0.2) is 0 Å². The zero-order valence-electron chi connectivity index (χ0n) is 13.8. The Kier molecular flexibility index (Phi) is 4.89. The van der Waals surface area contributed by atoms with Crippen LogP contribution in [0.25, 0.3) is 0 Å². The van der Waals surface area contributed by atoms with Crippen LogP contribution in [0.1, 0.15) is 52.9 Å². The van der Waals surface area contributed by atoms with Gasteiger partial charge < -0.3 is 4.90 Å². The van der Waals surface area contributed by atoms with Crippen LogP contribution in [0.3, 0.4) is 0 Å². The van der Waals surface area contributed by atoms with Gasteiger partial charge in [0, 0.05) is 17.7 Å². The number of carbonyl (C=O) groups excluding carboxylic acids is 2. The number of rotatable bonds is 3. The first-order valence-electron chi connectivity index (χ1n) is 8.22. The molecule has 1 saturated carbocycles. The summed E-state index contributed by atoms with van der Waals surface area (Å²) >= 11 is 0. The minimum Gasteiger partial charge on any atom is -0.353 e. The average Bonchev–Trinajstić information content (AvgIpc) is 3.22. The first kappa shape index (κ1) is 16.5. The molecule has 0 radical (unpaired) electrons. The number of allylic oxidation sites excluding steroid dienone is 3. The fourth-order valence-corrected chi connectivity index (χ4v) is 3.45. The third-order valence-electron chi connectivity index (χ3n) is 4.54. The van der Waals surface area contributed by atoms with Crippen LogP contribution >= 0.6 is 0 Å². The average molecular weight is 302 g/mol. The summed E-state index contributed by atoms with van der Waals surface area (Å²) < 4.78 is 0. The van der Waals surface area contributed by atoms with Crippen LogP contribution in [0.5, 0.6) is 0 Å². The van der Waals surface area contributed by atoms with Gasteiger partial charge in [-0.3, -0.25) is 14.9 Å². The van der Waals surface area contributed by atoms with Gasteiger partial charge in [0.1, 0.15) is 6.04 Å². The van der Waals surface area contributed by atoms with Crippen molar-refractivity contribution in [1.29, 1.82) is 0 Å². The Bertz CT molecular complexity index is 541. The van der Waals surface area contributed by atoms with Gasteiger partial charge in [0.25, 0.3) is 0 Å². The molecule has 1 aliphatic carbocycles. The summed E-state index contributed by atoms with van der Waals surface area (Å²) in [6.45, 7) is 9.89. The van der Waals surface area contributed by atoms with Gasteiger partial charge in [-0.25, -0.2) is 0 Å². The minimum absolute atomic E-state index is 0.0980. The van der Waals surface area contributed by atoms with Gasteiger partial charge in [-0.05, 0) is 44.3 Å². The molecule has 120 valence electrons. The quantitative estimate of drug-likeness (QED) is 0.815. The SMILES string of the molecule is C=CC1=C(/C=C\C)N(C2CCC(=O)NC2=O)C2(CC2)C1.CC. The minimum atomic E-state index is -0.223. The van der Waals surface area contributed by atoms with Crippen LogP contribution in [-0.4, -0.2) is 28.3 Å². The molecule has 3 aliphatic rings. The van der Waals surface area contributed by atoms with E-state index in [2.05, 4.69) is 22.9 Å². The molecule has 1 atom stereocenters. The Balaban J connectivity index is 0.000000847. The summed E-state index contributed by atoms with van der Waals surface area (Å²) in [5.41, 5.74) is 2.42. The van der Waals surface area contributed by atoms with Crippen molar-refractivity contribution < 1.29 is 9.59 Å². The van der Waals surface area contributed by atoms with Crippen LogP contribution < -0.4 is 5.32 Å². The van der Waals surface area contributed by atoms with Crippen molar-refractivity contribution in [3.63, 3.8) is 0 Å². The third kappa shape index (κ3) is 2.74. The topological polar surface area (TPSA) is 49.4 Å². The molecule has 4 nitrogen and oxygen atoms in total. The van der Waals surface area contributed by atoms with E-state index < -0.39 is 0 Å². The van der Waals surface area contributed by atoms with Crippen LogP contribution in [0.2, 0.25) is 0 Å². The summed E-state index contributed by atoms with van der Waals surface area (Å²) in [4.78, 5) is 25.8. The maximum absolute atomic E-state index is 12.2. The molecular formula is C18H26N2O2. The smallest absolute Gasteiger partial charge is 0.249 e. The number of carbonyl (C=O) groups is 2. The molecule has 1 saturated heterocycles. The molecule has 1 unspecified atom stereocenters. The van der Waals surface area contributed by atoms with E-state index in [-0.39, 0.29) is 23.4 Å².